The number of hydrogen-bond acceptors (Lipinski definition) is 7. The number of amides is 1. The molecule has 3 aromatic rings. The number of nitrogens with zero attached hydrogens (tertiary/aromatic N) is 3. The number of rotatable bonds is 7. The number of thioether (sulfide) groups is 1. The highest BCUT2D eigenvalue weighted by Crippen LogP contribution is 2.22. The van der Waals surface area contributed by atoms with Gasteiger partial charge < -0.3 is 4.42 Å². The Hall–Kier alpha value is -3.46. The maximum Gasteiger partial charge on any atom is 0.322 e. The van der Waals surface area contributed by atoms with Crippen LogP contribution in [0.25, 0.3) is 6.08 Å². The van der Waals surface area contributed by atoms with E-state index in [1.54, 1.807) is 23.9 Å². The first-order valence-electron chi connectivity index (χ1n) is 7.84. The lowest BCUT2D eigenvalue weighted by Gasteiger charge is -1.97. The van der Waals surface area contributed by atoms with Gasteiger partial charge in [-0.15, -0.1) is 16.9 Å². The molecule has 0 atom stereocenters. The number of carbonyl (C=O) groups excluding carboxylic acids is 1. The van der Waals surface area contributed by atoms with Crippen molar-refractivity contribution < 1.29 is 14.1 Å². The summed E-state index contributed by atoms with van der Waals surface area (Å²) in [6, 6.07) is 15.6. The van der Waals surface area contributed by atoms with Gasteiger partial charge in [0.15, 0.2) is 0 Å². The molecule has 1 amide bonds. The highest BCUT2D eigenvalue weighted by atomic mass is 32.2. The van der Waals surface area contributed by atoms with E-state index in [-0.39, 0.29) is 11.7 Å². The van der Waals surface area contributed by atoms with Crippen molar-refractivity contribution in [3.63, 3.8) is 0 Å². The van der Waals surface area contributed by atoms with Gasteiger partial charge in [-0.3, -0.25) is 20.2 Å². The molecule has 0 fully saturated rings. The molecule has 1 heterocycles. The lowest BCUT2D eigenvalue weighted by atomic mass is 10.2. The molecule has 0 aliphatic rings. The summed E-state index contributed by atoms with van der Waals surface area (Å²) >= 11 is 1.55. The van der Waals surface area contributed by atoms with Crippen LogP contribution in [0.4, 0.5) is 11.7 Å². The Bertz CT molecular complexity index is 955. The summed E-state index contributed by atoms with van der Waals surface area (Å²) in [5.74, 6) is 0.448. The highest BCUT2D eigenvalue weighted by molar-refractivity contribution is 7.98. The molecule has 136 valence electrons. The molecule has 0 unspecified atom stereocenters. The maximum atomic E-state index is 11.9. The Labute approximate surface area is 158 Å². The first-order valence-corrected chi connectivity index (χ1v) is 8.82. The predicted molar refractivity (Wildman–Crippen MR) is 101 cm³/mol. The Morgan fingerprint density at radius 3 is 2.59 bits per heavy atom. The third-order valence-electron chi connectivity index (χ3n) is 3.33. The second kappa shape index (κ2) is 8.77. The third-order valence-corrected chi connectivity index (χ3v) is 4.33. The van der Waals surface area contributed by atoms with Crippen molar-refractivity contribution in [3.05, 3.63) is 82.2 Å². The van der Waals surface area contributed by atoms with Gasteiger partial charge in [-0.1, -0.05) is 23.3 Å². The molecule has 0 spiro atoms. The van der Waals surface area contributed by atoms with Gasteiger partial charge in [0, 0.05) is 23.1 Å². The second-order valence-electron chi connectivity index (χ2n) is 5.27. The minimum Gasteiger partial charge on any atom is -0.407 e. The van der Waals surface area contributed by atoms with Gasteiger partial charge >= 0.3 is 6.01 Å². The van der Waals surface area contributed by atoms with Crippen LogP contribution in [-0.2, 0) is 10.5 Å². The van der Waals surface area contributed by atoms with Crippen LogP contribution < -0.4 is 5.32 Å². The summed E-state index contributed by atoms with van der Waals surface area (Å²) in [6.45, 7) is 0. The van der Waals surface area contributed by atoms with Crippen molar-refractivity contribution in [2.75, 3.05) is 5.32 Å². The standard InChI is InChI=1S/C18H14N4O4S/c23-16(11-8-13-6-9-14(10-7-13)22(24)25)19-18-21-20-17(26-18)12-27-15-4-2-1-3-5-15/h1-11H,12H2,(H,19,21,23). The Balaban J connectivity index is 1.52. The van der Waals surface area contributed by atoms with Crippen LogP contribution in [-0.4, -0.2) is 21.0 Å². The number of nitrogens with one attached hydrogen (secondary N) is 1. The van der Waals surface area contributed by atoms with Crippen molar-refractivity contribution in [2.24, 2.45) is 0 Å². The molecule has 0 radical (unpaired) electrons. The largest absolute Gasteiger partial charge is 0.407 e. The Morgan fingerprint density at radius 2 is 1.89 bits per heavy atom. The molecule has 1 N–H and O–H groups in total. The molecule has 1 aromatic heterocycles. The van der Waals surface area contributed by atoms with Crippen molar-refractivity contribution in [1.29, 1.82) is 0 Å². The molecule has 27 heavy (non-hydrogen) atoms. The molecule has 0 saturated heterocycles. The average molecular weight is 382 g/mol. The number of nitro benzene ring substituents is 1. The van der Waals surface area contributed by atoms with E-state index in [9.17, 15) is 14.9 Å². The van der Waals surface area contributed by atoms with E-state index in [0.717, 1.165) is 4.90 Å². The summed E-state index contributed by atoms with van der Waals surface area (Å²) < 4.78 is 5.39. The zero-order chi connectivity index (χ0) is 19.1. The molecule has 0 aliphatic carbocycles. The van der Waals surface area contributed by atoms with E-state index in [1.807, 2.05) is 30.3 Å². The zero-order valence-corrected chi connectivity index (χ0v) is 14.8. The fourth-order valence-electron chi connectivity index (χ4n) is 2.05. The molecule has 2 aromatic carbocycles. The van der Waals surface area contributed by atoms with Crippen molar-refractivity contribution in [3.8, 4) is 0 Å². The van der Waals surface area contributed by atoms with Crippen LogP contribution in [0.2, 0.25) is 0 Å². The average Bonchev–Trinajstić information content (AvgIpc) is 3.13. The zero-order valence-electron chi connectivity index (χ0n) is 13.9. The highest BCUT2D eigenvalue weighted by Gasteiger charge is 2.09. The van der Waals surface area contributed by atoms with Gasteiger partial charge in [0.25, 0.3) is 11.6 Å². The topological polar surface area (TPSA) is 111 Å². The third kappa shape index (κ3) is 5.51. The normalized spacial score (nSPS) is 10.8. The van der Waals surface area contributed by atoms with E-state index in [0.29, 0.717) is 17.2 Å². The lowest BCUT2D eigenvalue weighted by molar-refractivity contribution is -0.384. The van der Waals surface area contributed by atoms with Gasteiger partial charge in [-0.25, -0.2) is 0 Å². The van der Waals surface area contributed by atoms with E-state index >= 15 is 0 Å². The number of anilines is 1. The molecule has 0 aliphatic heterocycles. The summed E-state index contributed by atoms with van der Waals surface area (Å²) in [7, 11) is 0. The fraction of sp³-hybridized carbons (Fsp3) is 0.0556. The molecule has 3 rings (SSSR count). The van der Waals surface area contributed by atoms with Gasteiger partial charge in [-0.05, 0) is 35.9 Å². The number of aromatic nitrogens is 2. The van der Waals surface area contributed by atoms with Crippen LogP contribution in [0.1, 0.15) is 11.5 Å². The van der Waals surface area contributed by atoms with E-state index in [1.165, 1.54) is 24.3 Å². The number of nitro groups is 1. The van der Waals surface area contributed by atoms with Crippen molar-refractivity contribution in [2.45, 2.75) is 10.6 Å². The monoisotopic (exact) mass is 382 g/mol. The van der Waals surface area contributed by atoms with Crippen LogP contribution in [0, 0.1) is 10.1 Å². The Kier molecular flexibility index (Phi) is 5.95. The predicted octanol–water partition coefficient (Wildman–Crippen LogP) is 3.92. The maximum absolute atomic E-state index is 11.9. The van der Waals surface area contributed by atoms with Crippen LogP contribution in [0.15, 0.2) is 70.0 Å². The summed E-state index contributed by atoms with van der Waals surface area (Å²) in [6.07, 6.45) is 2.81. The summed E-state index contributed by atoms with van der Waals surface area (Å²) in [5.41, 5.74) is 0.643. The van der Waals surface area contributed by atoms with Crippen LogP contribution in [0.5, 0.6) is 0 Å². The van der Waals surface area contributed by atoms with E-state index in [4.69, 9.17) is 4.42 Å². The first-order chi connectivity index (χ1) is 13.1. The SMILES string of the molecule is O=C(C=Cc1ccc([N+](=O)[O-])cc1)Nc1nnc(CSc2ccccc2)o1. The minimum absolute atomic E-state index is 0.0108. The molecule has 0 saturated carbocycles. The van der Waals surface area contributed by atoms with Gasteiger partial charge in [0.1, 0.15) is 0 Å². The smallest absolute Gasteiger partial charge is 0.322 e. The molecule has 0 bridgehead atoms. The van der Waals surface area contributed by atoms with Gasteiger partial charge in [-0.2, -0.15) is 0 Å². The summed E-state index contributed by atoms with van der Waals surface area (Å²) in [5, 5.41) is 20.8. The van der Waals surface area contributed by atoms with Gasteiger partial charge in [0.05, 0.1) is 10.7 Å². The summed E-state index contributed by atoms with van der Waals surface area (Å²) in [4.78, 5) is 23.1. The lowest BCUT2D eigenvalue weighted by Crippen LogP contribution is -2.07. The van der Waals surface area contributed by atoms with E-state index in [2.05, 4.69) is 15.5 Å². The minimum atomic E-state index is -0.483. The van der Waals surface area contributed by atoms with Crippen LogP contribution >= 0.6 is 11.8 Å². The van der Waals surface area contributed by atoms with E-state index < -0.39 is 10.8 Å². The quantitative estimate of drug-likeness (QED) is 0.285. The molecular weight excluding hydrogens is 368 g/mol. The molecule has 8 nitrogen and oxygen atoms in total. The number of benzene rings is 2. The van der Waals surface area contributed by atoms with Crippen LogP contribution in [0.3, 0.4) is 0 Å². The number of carbonyl (C=O) groups is 1. The fourth-order valence-corrected chi connectivity index (χ4v) is 2.81. The number of non-ortho nitro benzene ring substituents is 1. The number of hydrogen-bond donors (Lipinski definition) is 1. The Morgan fingerprint density at radius 1 is 1.15 bits per heavy atom. The molecular formula is C18H14N4O4S. The second-order valence-corrected chi connectivity index (χ2v) is 6.32. The first kappa shape index (κ1) is 18.3. The van der Waals surface area contributed by atoms with Crippen molar-refractivity contribution >= 4 is 35.4 Å². The van der Waals surface area contributed by atoms with Gasteiger partial charge in [0.2, 0.25) is 5.89 Å². The molecule has 9 heteroatoms. The van der Waals surface area contributed by atoms with Crippen molar-refractivity contribution in [1.82, 2.24) is 10.2 Å².